The first kappa shape index (κ1) is 17.6. The van der Waals surface area contributed by atoms with Crippen LogP contribution in [0.1, 0.15) is 43.5 Å². The predicted octanol–water partition coefficient (Wildman–Crippen LogP) is 2.70. The Morgan fingerprint density at radius 1 is 1.09 bits per heavy atom. The minimum absolute atomic E-state index is 0.0639. The first-order valence-corrected chi connectivity index (χ1v) is 8.64. The van der Waals surface area contributed by atoms with Gasteiger partial charge in [-0.3, -0.25) is 4.79 Å². The number of amides is 1. The lowest BCUT2D eigenvalue weighted by molar-refractivity contribution is 0.0946. The number of nitrogens with one attached hydrogen (secondary N) is 1. The number of carbonyl (C=O) groups excluding carboxylic acids is 1. The Labute approximate surface area is 139 Å². The Balaban J connectivity index is 1.88. The molecule has 0 aliphatic carbocycles. The van der Waals surface area contributed by atoms with E-state index in [1.807, 2.05) is 13.8 Å². The molecule has 128 valence electrons. The molecule has 1 heterocycles. The Hall–Kier alpha value is -1.75. The van der Waals surface area contributed by atoms with Gasteiger partial charge in [-0.15, -0.1) is 0 Å². The standard InChI is InChI=1S/C18H28N2O3/c1-3-22-16-9-8-15(14-17(16)23-4-2)18(21)19-10-13-20-11-6-5-7-12-20/h8-9,14H,3-7,10-13H2,1-2H3,(H,19,21). The molecule has 1 saturated heterocycles. The number of likely N-dealkylation sites (tertiary alicyclic amines) is 1. The number of benzene rings is 1. The zero-order chi connectivity index (χ0) is 16.5. The minimum Gasteiger partial charge on any atom is -0.490 e. The van der Waals surface area contributed by atoms with Crippen molar-refractivity contribution in [3.05, 3.63) is 23.8 Å². The lowest BCUT2D eigenvalue weighted by Crippen LogP contribution is -2.37. The van der Waals surface area contributed by atoms with Crippen LogP contribution < -0.4 is 14.8 Å². The number of carbonyl (C=O) groups is 1. The van der Waals surface area contributed by atoms with Gasteiger partial charge in [-0.05, 0) is 58.0 Å². The molecule has 0 radical (unpaired) electrons. The highest BCUT2D eigenvalue weighted by atomic mass is 16.5. The number of nitrogens with zero attached hydrogens (tertiary/aromatic N) is 1. The molecule has 0 aromatic heterocycles. The SMILES string of the molecule is CCOc1ccc(C(=O)NCCN2CCCCC2)cc1OCC. The van der Waals surface area contributed by atoms with E-state index in [9.17, 15) is 4.79 Å². The molecule has 2 rings (SSSR count). The van der Waals surface area contributed by atoms with E-state index in [1.165, 1.54) is 19.3 Å². The molecule has 0 bridgehead atoms. The van der Waals surface area contributed by atoms with E-state index in [1.54, 1.807) is 18.2 Å². The summed E-state index contributed by atoms with van der Waals surface area (Å²) >= 11 is 0. The minimum atomic E-state index is -0.0639. The van der Waals surface area contributed by atoms with Crippen molar-refractivity contribution in [3.63, 3.8) is 0 Å². The third kappa shape index (κ3) is 5.43. The third-order valence-electron chi connectivity index (χ3n) is 3.97. The predicted molar refractivity (Wildman–Crippen MR) is 91.4 cm³/mol. The van der Waals surface area contributed by atoms with Gasteiger partial charge in [-0.1, -0.05) is 6.42 Å². The van der Waals surface area contributed by atoms with E-state index in [2.05, 4.69) is 10.2 Å². The van der Waals surface area contributed by atoms with E-state index >= 15 is 0 Å². The largest absolute Gasteiger partial charge is 0.490 e. The number of piperidine rings is 1. The van der Waals surface area contributed by atoms with Crippen LogP contribution in [0.25, 0.3) is 0 Å². The molecule has 1 aromatic rings. The van der Waals surface area contributed by atoms with Gasteiger partial charge < -0.3 is 19.7 Å². The van der Waals surface area contributed by atoms with Crippen LogP contribution in [-0.4, -0.2) is 50.2 Å². The van der Waals surface area contributed by atoms with Crippen molar-refractivity contribution in [2.24, 2.45) is 0 Å². The van der Waals surface area contributed by atoms with Gasteiger partial charge in [0, 0.05) is 18.7 Å². The van der Waals surface area contributed by atoms with Gasteiger partial charge >= 0.3 is 0 Å². The lowest BCUT2D eigenvalue weighted by Gasteiger charge is -2.26. The van der Waals surface area contributed by atoms with Crippen molar-refractivity contribution in [2.45, 2.75) is 33.1 Å². The van der Waals surface area contributed by atoms with Crippen molar-refractivity contribution < 1.29 is 14.3 Å². The van der Waals surface area contributed by atoms with Crippen molar-refractivity contribution >= 4 is 5.91 Å². The molecule has 0 atom stereocenters. The normalized spacial score (nSPS) is 15.2. The fourth-order valence-electron chi connectivity index (χ4n) is 2.80. The van der Waals surface area contributed by atoms with Gasteiger partial charge in [0.05, 0.1) is 13.2 Å². The summed E-state index contributed by atoms with van der Waals surface area (Å²) in [6.45, 7) is 8.84. The first-order chi connectivity index (χ1) is 11.2. The summed E-state index contributed by atoms with van der Waals surface area (Å²) in [5, 5.41) is 2.99. The summed E-state index contributed by atoms with van der Waals surface area (Å²) < 4.78 is 11.1. The van der Waals surface area contributed by atoms with Gasteiger partial charge in [0.15, 0.2) is 11.5 Å². The van der Waals surface area contributed by atoms with Crippen LogP contribution in [0.15, 0.2) is 18.2 Å². The zero-order valence-electron chi connectivity index (χ0n) is 14.3. The summed E-state index contributed by atoms with van der Waals surface area (Å²) in [6, 6.07) is 5.34. The van der Waals surface area contributed by atoms with E-state index < -0.39 is 0 Å². The fraction of sp³-hybridized carbons (Fsp3) is 0.611. The molecule has 1 fully saturated rings. The second kappa shape index (κ2) is 9.40. The molecular formula is C18H28N2O3. The summed E-state index contributed by atoms with van der Waals surface area (Å²) in [5.74, 6) is 1.24. The van der Waals surface area contributed by atoms with Crippen LogP contribution in [-0.2, 0) is 0 Å². The van der Waals surface area contributed by atoms with E-state index in [0.29, 0.717) is 36.8 Å². The molecule has 1 aromatic carbocycles. The Morgan fingerprint density at radius 2 is 1.78 bits per heavy atom. The molecule has 1 aliphatic rings. The first-order valence-electron chi connectivity index (χ1n) is 8.64. The second-order valence-corrected chi connectivity index (χ2v) is 5.69. The van der Waals surface area contributed by atoms with Crippen molar-refractivity contribution in [1.29, 1.82) is 0 Å². The van der Waals surface area contributed by atoms with E-state index in [-0.39, 0.29) is 5.91 Å². The summed E-state index contributed by atoms with van der Waals surface area (Å²) in [5.41, 5.74) is 0.607. The summed E-state index contributed by atoms with van der Waals surface area (Å²) in [4.78, 5) is 14.7. The Morgan fingerprint density at radius 3 is 2.48 bits per heavy atom. The highest BCUT2D eigenvalue weighted by Crippen LogP contribution is 2.28. The van der Waals surface area contributed by atoms with Crippen LogP contribution in [0.5, 0.6) is 11.5 Å². The lowest BCUT2D eigenvalue weighted by atomic mass is 10.1. The van der Waals surface area contributed by atoms with Gasteiger partial charge in [0.25, 0.3) is 5.91 Å². The number of rotatable bonds is 8. The summed E-state index contributed by atoms with van der Waals surface area (Å²) in [7, 11) is 0. The van der Waals surface area contributed by atoms with E-state index in [0.717, 1.165) is 19.6 Å². The van der Waals surface area contributed by atoms with Gasteiger partial charge in [0.1, 0.15) is 0 Å². The average molecular weight is 320 g/mol. The number of hydrogen-bond acceptors (Lipinski definition) is 4. The fourth-order valence-corrected chi connectivity index (χ4v) is 2.80. The van der Waals surface area contributed by atoms with Gasteiger partial charge in [-0.25, -0.2) is 0 Å². The molecule has 5 nitrogen and oxygen atoms in total. The molecule has 1 amide bonds. The van der Waals surface area contributed by atoms with Crippen LogP contribution >= 0.6 is 0 Å². The molecule has 1 aliphatic heterocycles. The molecule has 0 saturated carbocycles. The van der Waals surface area contributed by atoms with Crippen LogP contribution in [0, 0.1) is 0 Å². The van der Waals surface area contributed by atoms with Gasteiger partial charge in [-0.2, -0.15) is 0 Å². The number of hydrogen-bond donors (Lipinski definition) is 1. The molecular weight excluding hydrogens is 292 g/mol. The summed E-state index contributed by atoms with van der Waals surface area (Å²) in [6.07, 6.45) is 3.87. The van der Waals surface area contributed by atoms with Crippen molar-refractivity contribution in [1.82, 2.24) is 10.2 Å². The maximum absolute atomic E-state index is 12.3. The quantitative estimate of drug-likeness (QED) is 0.800. The molecule has 1 N–H and O–H groups in total. The van der Waals surface area contributed by atoms with Crippen molar-refractivity contribution in [2.75, 3.05) is 39.4 Å². The monoisotopic (exact) mass is 320 g/mol. The molecule has 5 heteroatoms. The Kier molecular flexibility index (Phi) is 7.20. The van der Waals surface area contributed by atoms with Crippen LogP contribution in [0.2, 0.25) is 0 Å². The smallest absolute Gasteiger partial charge is 0.251 e. The third-order valence-corrected chi connectivity index (χ3v) is 3.97. The maximum Gasteiger partial charge on any atom is 0.251 e. The van der Waals surface area contributed by atoms with Gasteiger partial charge in [0.2, 0.25) is 0 Å². The molecule has 0 unspecified atom stereocenters. The second-order valence-electron chi connectivity index (χ2n) is 5.69. The Bertz CT molecular complexity index is 499. The topological polar surface area (TPSA) is 50.8 Å². The molecule has 23 heavy (non-hydrogen) atoms. The maximum atomic E-state index is 12.3. The average Bonchev–Trinajstić information content (AvgIpc) is 2.58. The van der Waals surface area contributed by atoms with Crippen LogP contribution in [0.4, 0.5) is 0 Å². The molecule has 0 spiro atoms. The van der Waals surface area contributed by atoms with Crippen molar-refractivity contribution in [3.8, 4) is 11.5 Å². The van der Waals surface area contributed by atoms with E-state index in [4.69, 9.17) is 9.47 Å². The van der Waals surface area contributed by atoms with Crippen LogP contribution in [0.3, 0.4) is 0 Å². The highest BCUT2D eigenvalue weighted by molar-refractivity contribution is 5.94. The number of ether oxygens (including phenoxy) is 2. The highest BCUT2D eigenvalue weighted by Gasteiger charge is 2.13. The zero-order valence-corrected chi connectivity index (χ0v) is 14.3.